The fourth-order valence-electron chi connectivity index (χ4n) is 3.68. The molecule has 2 N–H and O–H groups in total. The zero-order chi connectivity index (χ0) is 22.2. The fourth-order valence-corrected chi connectivity index (χ4v) is 3.68. The van der Waals surface area contributed by atoms with Gasteiger partial charge in [0.25, 0.3) is 5.91 Å². The Hall–Kier alpha value is -3.42. The molecule has 0 bridgehead atoms. The van der Waals surface area contributed by atoms with Crippen LogP contribution in [0, 0.1) is 5.92 Å². The predicted octanol–water partition coefficient (Wildman–Crippen LogP) is 3.39. The summed E-state index contributed by atoms with van der Waals surface area (Å²) in [4.78, 5) is 27.1. The van der Waals surface area contributed by atoms with E-state index in [1.807, 2.05) is 18.2 Å². The lowest BCUT2D eigenvalue weighted by Gasteiger charge is -2.32. The molecule has 0 saturated carbocycles. The number of amides is 3. The van der Waals surface area contributed by atoms with Crippen molar-refractivity contribution in [3.05, 3.63) is 48.0 Å². The van der Waals surface area contributed by atoms with Crippen LogP contribution in [0.1, 0.15) is 23.2 Å². The molecule has 1 aliphatic heterocycles. The minimum Gasteiger partial charge on any atom is -0.496 e. The highest BCUT2D eigenvalue weighted by Gasteiger charge is 2.25. The second-order valence-electron chi connectivity index (χ2n) is 7.31. The number of methoxy groups -OCH3 is 3. The van der Waals surface area contributed by atoms with Gasteiger partial charge in [0.2, 0.25) is 0 Å². The van der Waals surface area contributed by atoms with E-state index >= 15 is 0 Å². The summed E-state index contributed by atoms with van der Waals surface area (Å²) in [7, 11) is 4.63. The van der Waals surface area contributed by atoms with E-state index in [1.165, 1.54) is 14.2 Å². The number of nitrogens with zero attached hydrogens (tertiary/aromatic N) is 1. The Morgan fingerprint density at radius 2 is 1.48 bits per heavy atom. The summed E-state index contributed by atoms with van der Waals surface area (Å²) in [6, 6.07) is 12.4. The van der Waals surface area contributed by atoms with Crippen molar-refractivity contribution in [1.29, 1.82) is 0 Å². The maximum absolute atomic E-state index is 12.7. The van der Waals surface area contributed by atoms with E-state index in [4.69, 9.17) is 14.2 Å². The number of nitrogens with one attached hydrogen (secondary N) is 2. The Morgan fingerprint density at radius 3 is 2.10 bits per heavy atom. The molecule has 3 amide bonds. The van der Waals surface area contributed by atoms with Crippen molar-refractivity contribution in [2.75, 3.05) is 46.3 Å². The lowest BCUT2D eigenvalue weighted by atomic mass is 9.97. The molecule has 8 heteroatoms. The number of para-hydroxylation sites is 2. The summed E-state index contributed by atoms with van der Waals surface area (Å²) in [5.74, 6) is 1.63. The highest BCUT2D eigenvalue weighted by Crippen LogP contribution is 2.28. The van der Waals surface area contributed by atoms with Crippen molar-refractivity contribution >= 4 is 17.6 Å². The average molecular weight is 428 g/mol. The molecule has 0 atom stereocenters. The molecule has 0 unspecified atom stereocenters. The molecule has 2 aromatic rings. The number of carbonyl (C=O) groups is 2. The zero-order valence-corrected chi connectivity index (χ0v) is 18.1. The summed E-state index contributed by atoms with van der Waals surface area (Å²) in [5, 5.41) is 5.89. The van der Waals surface area contributed by atoms with Crippen molar-refractivity contribution in [3.63, 3.8) is 0 Å². The van der Waals surface area contributed by atoms with Crippen LogP contribution in [0.3, 0.4) is 0 Å². The second kappa shape index (κ2) is 10.6. The molecule has 0 aliphatic carbocycles. The quantitative estimate of drug-likeness (QED) is 0.707. The third-order valence-corrected chi connectivity index (χ3v) is 5.46. The number of benzene rings is 2. The van der Waals surface area contributed by atoms with Crippen molar-refractivity contribution in [2.24, 2.45) is 5.92 Å². The number of ether oxygens (including phenoxy) is 3. The van der Waals surface area contributed by atoms with E-state index in [0.717, 1.165) is 12.8 Å². The van der Waals surface area contributed by atoms with E-state index in [1.54, 1.807) is 36.3 Å². The van der Waals surface area contributed by atoms with Crippen LogP contribution in [0.2, 0.25) is 0 Å². The highest BCUT2D eigenvalue weighted by molar-refractivity contribution is 5.99. The molecular formula is C23H29N3O5. The van der Waals surface area contributed by atoms with Gasteiger partial charge >= 0.3 is 6.03 Å². The molecule has 1 aliphatic rings. The van der Waals surface area contributed by atoms with E-state index in [9.17, 15) is 9.59 Å². The molecule has 0 aromatic heterocycles. The van der Waals surface area contributed by atoms with Crippen LogP contribution in [0.5, 0.6) is 17.2 Å². The number of carbonyl (C=O) groups excluding carboxylic acids is 2. The number of likely N-dealkylation sites (tertiary alicyclic amines) is 1. The van der Waals surface area contributed by atoms with Crippen molar-refractivity contribution in [2.45, 2.75) is 12.8 Å². The van der Waals surface area contributed by atoms with Gasteiger partial charge in [-0.3, -0.25) is 4.79 Å². The van der Waals surface area contributed by atoms with E-state index in [-0.39, 0.29) is 11.9 Å². The molecular weight excluding hydrogens is 398 g/mol. The van der Waals surface area contributed by atoms with Gasteiger partial charge in [-0.1, -0.05) is 18.2 Å². The summed E-state index contributed by atoms with van der Waals surface area (Å²) in [5.41, 5.74) is 1.04. The molecule has 3 rings (SSSR count). The van der Waals surface area contributed by atoms with Crippen molar-refractivity contribution in [1.82, 2.24) is 10.2 Å². The minimum absolute atomic E-state index is 0.147. The third-order valence-electron chi connectivity index (χ3n) is 5.46. The van der Waals surface area contributed by atoms with Crippen molar-refractivity contribution in [3.8, 4) is 17.2 Å². The van der Waals surface area contributed by atoms with E-state index < -0.39 is 0 Å². The number of urea groups is 1. The maximum atomic E-state index is 12.7. The largest absolute Gasteiger partial charge is 0.496 e. The SMILES string of the molecule is COc1ccccc1NC(=O)N1CCC(CNC(=O)c2c(OC)cccc2OC)CC1. The Morgan fingerprint density at radius 1 is 0.903 bits per heavy atom. The molecule has 1 saturated heterocycles. The summed E-state index contributed by atoms with van der Waals surface area (Å²) >= 11 is 0. The number of hydrogen-bond donors (Lipinski definition) is 2. The van der Waals surface area contributed by atoms with Gasteiger partial charge in [0.05, 0.1) is 27.0 Å². The summed E-state index contributed by atoms with van der Waals surface area (Å²) in [6.07, 6.45) is 1.62. The molecule has 1 fully saturated rings. The van der Waals surface area contributed by atoms with Gasteiger partial charge < -0.3 is 29.7 Å². The van der Waals surface area contributed by atoms with Gasteiger partial charge in [-0.2, -0.15) is 0 Å². The number of anilines is 1. The van der Waals surface area contributed by atoms with Crippen molar-refractivity contribution < 1.29 is 23.8 Å². The Kier molecular flexibility index (Phi) is 7.59. The van der Waals surface area contributed by atoms with Gasteiger partial charge in [-0.25, -0.2) is 4.79 Å². The topological polar surface area (TPSA) is 89.1 Å². The first-order chi connectivity index (χ1) is 15.1. The number of piperidine rings is 1. The minimum atomic E-state index is -0.231. The van der Waals surface area contributed by atoms with Crippen LogP contribution in [0.4, 0.5) is 10.5 Å². The first-order valence-corrected chi connectivity index (χ1v) is 10.3. The maximum Gasteiger partial charge on any atom is 0.321 e. The lowest BCUT2D eigenvalue weighted by Crippen LogP contribution is -2.43. The monoisotopic (exact) mass is 427 g/mol. The van der Waals surface area contributed by atoms with Gasteiger partial charge in [-0.05, 0) is 43.0 Å². The molecule has 0 spiro atoms. The standard InChI is InChI=1S/C23H29N3O5/c1-29-18-8-5-4-7-17(18)25-23(28)26-13-11-16(12-14-26)15-24-22(27)21-19(30-2)9-6-10-20(21)31-3/h4-10,16H,11-15H2,1-3H3,(H,24,27)(H,25,28). The van der Waals surface area contributed by atoms with E-state index in [0.29, 0.717) is 54.1 Å². The van der Waals surface area contributed by atoms with Crippen LogP contribution in [0.15, 0.2) is 42.5 Å². The predicted molar refractivity (Wildman–Crippen MR) is 118 cm³/mol. The first kappa shape index (κ1) is 22.3. The highest BCUT2D eigenvalue weighted by atomic mass is 16.5. The summed E-state index contributed by atoms with van der Waals surface area (Å²) in [6.45, 7) is 1.78. The molecule has 1 heterocycles. The number of rotatable bonds is 7. The van der Waals surface area contributed by atoms with Crippen LogP contribution in [-0.2, 0) is 0 Å². The molecule has 2 aromatic carbocycles. The Labute approximate surface area is 182 Å². The van der Waals surface area contributed by atoms with Crippen LogP contribution in [-0.4, -0.2) is 57.8 Å². The van der Waals surface area contributed by atoms with Crippen LogP contribution >= 0.6 is 0 Å². The molecule has 31 heavy (non-hydrogen) atoms. The second-order valence-corrected chi connectivity index (χ2v) is 7.31. The van der Waals surface area contributed by atoms with Crippen LogP contribution in [0.25, 0.3) is 0 Å². The fraction of sp³-hybridized carbons (Fsp3) is 0.391. The van der Waals surface area contributed by atoms with Crippen LogP contribution < -0.4 is 24.8 Å². The summed E-state index contributed by atoms with van der Waals surface area (Å²) < 4.78 is 15.9. The average Bonchev–Trinajstić information content (AvgIpc) is 2.82. The zero-order valence-electron chi connectivity index (χ0n) is 18.1. The molecule has 8 nitrogen and oxygen atoms in total. The molecule has 0 radical (unpaired) electrons. The van der Waals surface area contributed by atoms with Gasteiger partial charge in [-0.15, -0.1) is 0 Å². The van der Waals surface area contributed by atoms with Gasteiger partial charge in [0, 0.05) is 19.6 Å². The van der Waals surface area contributed by atoms with Gasteiger partial charge in [0.1, 0.15) is 22.8 Å². The number of hydrogen-bond acceptors (Lipinski definition) is 5. The van der Waals surface area contributed by atoms with E-state index in [2.05, 4.69) is 10.6 Å². The normalized spacial score (nSPS) is 14.0. The smallest absolute Gasteiger partial charge is 0.321 e. The first-order valence-electron chi connectivity index (χ1n) is 10.3. The Bertz CT molecular complexity index is 888. The van der Waals surface area contributed by atoms with Gasteiger partial charge in [0.15, 0.2) is 0 Å². The lowest BCUT2D eigenvalue weighted by molar-refractivity contribution is 0.0932. The Balaban J connectivity index is 1.51. The third kappa shape index (κ3) is 5.39. The molecule has 166 valence electrons.